The molecule has 16 heavy (non-hydrogen) atoms. The first-order valence-electron chi connectivity index (χ1n) is 6.14. The van der Waals surface area contributed by atoms with Gasteiger partial charge in [-0.3, -0.25) is 0 Å². The van der Waals surface area contributed by atoms with Crippen molar-refractivity contribution in [2.24, 2.45) is 5.92 Å². The van der Waals surface area contributed by atoms with Crippen LogP contribution < -0.4 is 5.32 Å². The molecule has 1 N–H and O–H groups in total. The van der Waals surface area contributed by atoms with Crippen molar-refractivity contribution in [3.63, 3.8) is 0 Å². The van der Waals surface area contributed by atoms with Gasteiger partial charge in [-0.05, 0) is 24.6 Å². The topological polar surface area (TPSA) is 12.0 Å². The van der Waals surface area contributed by atoms with Crippen LogP contribution in [0.2, 0.25) is 0 Å². The van der Waals surface area contributed by atoms with Crippen LogP contribution in [0.4, 0.5) is 0 Å². The first kappa shape index (κ1) is 13.6. The van der Waals surface area contributed by atoms with Crippen molar-refractivity contribution in [2.75, 3.05) is 13.1 Å². The van der Waals surface area contributed by atoms with Gasteiger partial charge in [0.1, 0.15) is 0 Å². The van der Waals surface area contributed by atoms with E-state index in [1.54, 1.807) is 0 Å². The zero-order chi connectivity index (χ0) is 11.8. The largest absolute Gasteiger partial charge is 0.315 e. The van der Waals surface area contributed by atoms with Crippen LogP contribution in [0.25, 0.3) is 0 Å². The normalized spacial score (nSPS) is 14.7. The molecule has 1 aromatic rings. The zero-order valence-corrected chi connectivity index (χ0v) is 11.4. The summed E-state index contributed by atoms with van der Waals surface area (Å²) in [7, 11) is 0. The molecule has 0 spiro atoms. The average Bonchev–Trinajstić information content (AvgIpc) is 2.30. The molecule has 1 rings (SSSR count). The number of rotatable bonds is 7. The van der Waals surface area contributed by atoms with Crippen LogP contribution in [-0.4, -0.2) is 18.3 Å². The van der Waals surface area contributed by atoms with Crippen LogP contribution in [0, 0.1) is 5.92 Å². The highest BCUT2D eigenvalue weighted by molar-refractivity contribution is 8.00. The van der Waals surface area contributed by atoms with Crippen LogP contribution in [-0.2, 0) is 0 Å². The third-order valence-corrected chi connectivity index (χ3v) is 3.82. The Hall–Kier alpha value is -0.470. The van der Waals surface area contributed by atoms with Gasteiger partial charge in [-0.15, -0.1) is 11.8 Å². The number of thioether (sulfide) groups is 1. The van der Waals surface area contributed by atoms with E-state index in [4.69, 9.17) is 0 Å². The molecule has 0 aromatic heterocycles. The van der Waals surface area contributed by atoms with Crippen molar-refractivity contribution in [1.29, 1.82) is 0 Å². The molecule has 0 bridgehead atoms. The molecule has 2 atom stereocenters. The van der Waals surface area contributed by atoms with Crippen LogP contribution in [0.1, 0.15) is 27.2 Å². The van der Waals surface area contributed by atoms with Gasteiger partial charge in [-0.2, -0.15) is 0 Å². The Morgan fingerprint density at radius 3 is 2.44 bits per heavy atom. The monoisotopic (exact) mass is 237 g/mol. The lowest BCUT2D eigenvalue weighted by atomic mass is 10.1. The van der Waals surface area contributed by atoms with Gasteiger partial charge in [0, 0.05) is 16.7 Å². The second kappa shape index (κ2) is 7.75. The summed E-state index contributed by atoms with van der Waals surface area (Å²) in [6.45, 7) is 9.04. The maximum atomic E-state index is 3.54. The first-order valence-corrected chi connectivity index (χ1v) is 7.02. The van der Waals surface area contributed by atoms with Crippen LogP contribution in [0.15, 0.2) is 35.2 Å². The van der Waals surface area contributed by atoms with Crippen LogP contribution in [0.3, 0.4) is 0 Å². The number of hydrogen-bond acceptors (Lipinski definition) is 2. The summed E-state index contributed by atoms with van der Waals surface area (Å²) < 4.78 is 0. The van der Waals surface area contributed by atoms with Gasteiger partial charge in [0.05, 0.1) is 0 Å². The van der Waals surface area contributed by atoms with E-state index in [1.807, 2.05) is 11.8 Å². The second-order valence-electron chi connectivity index (χ2n) is 4.41. The lowest BCUT2D eigenvalue weighted by Crippen LogP contribution is -2.27. The third-order valence-electron chi connectivity index (χ3n) is 2.70. The van der Waals surface area contributed by atoms with Crippen molar-refractivity contribution < 1.29 is 0 Å². The molecule has 0 fully saturated rings. The number of nitrogens with one attached hydrogen (secondary N) is 1. The van der Waals surface area contributed by atoms with Crippen molar-refractivity contribution in [3.05, 3.63) is 30.3 Å². The van der Waals surface area contributed by atoms with Gasteiger partial charge < -0.3 is 5.32 Å². The molecule has 0 aliphatic heterocycles. The molecular formula is C14H23NS. The van der Waals surface area contributed by atoms with E-state index in [0.29, 0.717) is 5.25 Å². The predicted octanol–water partition coefficient (Wildman–Crippen LogP) is 3.80. The fraction of sp³-hybridized carbons (Fsp3) is 0.571. The summed E-state index contributed by atoms with van der Waals surface area (Å²) in [5.41, 5.74) is 0. The molecule has 1 nitrogen and oxygen atoms in total. The average molecular weight is 237 g/mol. The molecule has 90 valence electrons. The quantitative estimate of drug-likeness (QED) is 0.724. The summed E-state index contributed by atoms with van der Waals surface area (Å²) in [5, 5.41) is 4.17. The minimum absolute atomic E-state index is 0.631. The molecule has 0 aliphatic carbocycles. The third kappa shape index (κ3) is 5.57. The highest BCUT2D eigenvalue weighted by Gasteiger charge is 2.04. The molecule has 0 heterocycles. The summed E-state index contributed by atoms with van der Waals surface area (Å²) in [4.78, 5) is 1.36. The highest BCUT2D eigenvalue weighted by atomic mass is 32.2. The molecule has 2 unspecified atom stereocenters. The van der Waals surface area contributed by atoms with Gasteiger partial charge >= 0.3 is 0 Å². The molecule has 2 heteroatoms. The standard InChI is InChI=1S/C14H23NS/c1-4-12(2)10-15-11-13(3)16-14-8-6-5-7-9-14/h5-9,12-13,15H,4,10-11H2,1-3H3. The summed E-state index contributed by atoms with van der Waals surface area (Å²) >= 11 is 1.94. The summed E-state index contributed by atoms with van der Waals surface area (Å²) in [5.74, 6) is 0.786. The second-order valence-corrected chi connectivity index (χ2v) is 5.93. The Balaban J connectivity index is 2.19. The van der Waals surface area contributed by atoms with E-state index in [1.165, 1.54) is 11.3 Å². The predicted molar refractivity (Wildman–Crippen MR) is 74.1 cm³/mol. The van der Waals surface area contributed by atoms with Gasteiger partial charge in [0.2, 0.25) is 0 Å². The molecule has 0 saturated heterocycles. The van der Waals surface area contributed by atoms with Crippen LogP contribution in [0.5, 0.6) is 0 Å². The number of benzene rings is 1. The highest BCUT2D eigenvalue weighted by Crippen LogP contribution is 2.21. The van der Waals surface area contributed by atoms with Crippen LogP contribution >= 0.6 is 11.8 Å². The van der Waals surface area contributed by atoms with Crippen molar-refractivity contribution >= 4 is 11.8 Å². The van der Waals surface area contributed by atoms with Gasteiger partial charge in [-0.25, -0.2) is 0 Å². The molecule has 0 aliphatic rings. The van der Waals surface area contributed by atoms with E-state index >= 15 is 0 Å². The molecular weight excluding hydrogens is 214 g/mol. The lowest BCUT2D eigenvalue weighted by Gasteiger charge is -2.14. The summed E-state index contributed by atoms with van der Waals surface area (Å²) in [6.07, 6.45) is 1.26. The Morgan fingerprint density at radius 1 is 1.12 bits per heavy atom. The Morgan fingerprint density at radius 2 is 1.81 bits per heavy atom. The Bertz CT molecular complexity index is 273. The van der Waals surface area contributed by atoms with E-state index in [-0.39, 0.29) is 0 Å². The van der Waals surface area contributed by atoms with Crippen molar-refractivity contribution in [2.45, 2.75) is 37.3 Å². The van der Waals surface area contributed by atoms with Crippen molar-refractivity contribution in [3.8, 4) is 0 Å². The Kier molecular flexibility index (Phi) is 6.58. The minimum atomic E-state index is 0.631. The maximum Gasteiger partial charge on any atom is 0.0191 e. The molecule has 0 amide bonds. The van der Waals surface area contributed by atoms with E-state index in [9.17, 15) is 0 Å². The summed E-state index contributed by atoms with van der Waals surface area (Å²) in [6, 6.07) is 10.6. The zero-order valence-electron chi connectivity index (χ0n) is 10.6. The lowest BCUT2D eigenvalue weighted by molar-refractivity contribution is 0.502. The Labute approximate surface area is 104 Å². The first-order chi connectivity index (χ1) is 7.72. The maximum absolute atomic E-state index is 3.54. The SMILES string of the molecule is CCC(C)CNCC(C)Sc1ccccc1. The van der Waals surface area contributed by atoms with Crippen molar-refractivity contribution in [1.82, 2.24) is 5.32 Å². The fourth-order valence-corrected chi connectivity index (χ4v) is 2.43. The van der Waals surface area contributed by atoms with E-state index in [2.05, 4.69) is 56.4 Å². The van der Waals surface area contributed by atoms with E-state index in [0.717, 1.165) is 19.0 Å². The molecule has 0 saturated carbocycles. The molecule has 0 radical (unpaired) electrons. The molecule has 1 aromatic carbocycles. The van der Waals surface area contributed by atoms with Gasteiger partial charge in [0.25, 0.3) is 0 Å². The minimum Gasteiger partial charge on any atom is -0.315 e. The number of hydrogen-bond donors (Lipinski definition) is 1. The van der Waals surface area contributed by atoms with Gasteiger partial charge in [0.15, 0.2) is 0 Å². The van der Waals surface area contributed by atoms with Gasteiger partial charge in [-0.1, -0.05) is 45.4 Å². The fourth-order valence-electron chi connectivity index (χ4n) is 1.45. The smallest absolute Gasteiger partial charge is 0.0191 e. The van der Waals surface area contributed by atoms with E-state index < -0.39 is 0 Å².